The van der Waals surface area contributed by atoms with Crippen LogP contribution in [0.2, 0.25) is 0 Å². The van der Waals surface area contributed by atoms with Crippen LogP contribution in [0.5, 0.6) is 11.5 Å². The minimum absolute atomic E-state index is 0.000611. The smallest absolute Gasteiger partial charge is 0.419 e. The lowest BCUT2D eigenvalue weighted by molar-refractivity contribution is -0.132. The van der Waals surface area contributed by atoms with Crippen molar-refractivity contribution in [2.24, 2.45) is 35.5 Å². The zero-order valence-electron chi connectivity index (χ0n) is 22.8. The van der Waals surface area contributed by atoms with Crippen LogP contribution in [0.3, 0.4) is 0 Å². The van der Waals surface area contributed by atoms with Crippen LogP contribution in [0.15, 0.2) is 24.3 Å². The second-order valence-corrected chi connectivity index (χ2v) is 12.0. The van der Waals surface area contributed by atoms with Crippen LogP contribution in [0.4, 0.5) is 26.3 Å². The van der Waals surface area contributed by atoms with Gasteiger partial charge in [0.2, 0.25) is 0 Å². The molecule has 0 N–H and O–H groups in total. The van der Waals surface area contributed by atoms with Crippen LogP contribution in [0.1, 0.15) is 96.8 Å². The fraction of sp³-hybridized carbons (Fsp3) is 0.742. The lowest BCUT2D eigenvalue weighted by atomic mass is 9.65. The summed E-state index contributed by atoms with van der Waals surface area (Å²) in [6, 6.07) is 0.805. The van der Waals surface area contributed by atoms with Gasteiger partial charge in [-0.2, -0.15) is 17.6 Å². The quantitative estimate of drug-likeness (QED) is 0.209. The van der Waals surface area contributed by atoms with Crippen molar-refractivity contribution in [2.45, 2.75) is 110 Å². The van der Waals surface area contributed by atoms with Gasteiger partial charge in [-0.1, -0.05) is 38.7 Å². The Balaban J connectivity index is 1.20. The maximum Gasteiger partial charge on any atom is 0.419 e. The first-order valence-corrected chi connectivity index (χ1v) is 14.8. The Labute approximate surface area is 228 Å². The van der Waals surface area contributed by atoms with E-state index >= 15 is 0 Å². The van der Waals surface area contributed by atoms with Gasteiger partial charge in [0.05, 0.1) is 0 Å². The second kappa shape index (κ2) is 13.7. The van der Waals surface area contributed by atoms with Crippen molar-refractivity contribution >= 4 is 0 Å². The number of halogens is 6. The van der Waals surface area contributed by atoms with Crippen LogP contribution in [-0.4, -0.2) is 12.7 Å². The third kappa shape index (κ3) is 8.56. The summed E-state index contributed by atoms with van der Waals surface area (Å²) in [4.78, 5) is 0. The fourth-order valence-electron chi connectivity index (χ4n) is 7.49. The van der Waals surface area contributed by atoms with Gasteiger partial charge in [-0.25, -0.2) is 8.78 Å². The Morgan fingerprint density at radius 2 is 1.26 bits per heavy atom. The number of ether oxygens (including phenoxy) is 2. The molecule has 3 aliphatic rings. The highest BCUT2D eigenvalue weighted by Crippen LogP contribution is 2.46. The molecule has 0 aromatic heterocycles. The molecular weight excluding hydrogens is 518 g/mol. The van der Waals surface area contributed by atoms with E-state index in [0.29, 0.717) is 24.1 Å². The van der Waals surface area contributed by atoms with Gasteiger partial charge in [0, 0.05) is 18.2 Å². The summed E-state index contributed by atoms with van der Waals surface area (Å²) in [5.41, 5.74) is 0. The standard InChI is InChI=1S/C31H42F6O2/c1-2-3-20-4-8-22(9-5-20)24-12-14-25(15-13-24)23-10-6-21(7-11-23)16-17-31(36,37)39-26-18-27(32)29(28(33)19-26)38-30(34)35/h16-25,30H,2-15H2,1H3/b17-16+. The van der Waals surface area contributed by atoms with Crippen molar-refractivity contribution in [3.05, 3.63) is 35.9 Å². The first-order valence-electron chi connectivity index (χ1n) is 14.8. The van der Waals surface area contributed by atoms with Gasteiger partial charge in [0.15, 0.2) is 17.4 Å². The molecule has 3 aliphatic carbocycles. The third-order valence-electron chi connectivity index (χ3n) is 9.55. The Morgan fingerprint density at radius 3 is 1.72 bits per heavy atom. The minimum Gasteiger partial charge on any atom is -0.429 e. The molecule has 0 atom stereocenters. The summed E-state index contributed by atoms with van der Waals surface area (Å²) in [6.07, 6.45) is 15.6. The highest BCUT2D eigenvalue weighted by atomic mass is 19.3. The molecule has 0 amide bonds. The lowest BCUT2D eigenvalue weighted by Crippen LogP contribution is -2.29. The molecule has 0 unspecified atom stereocenters. The molecule has 4 rings (SSSR count). The number of allylic oxidation sites excluding steroid dienone is 1. The topological polar surface area (TPSA) is 18.5 Å². The molecule has 0 bridgehead atoms. The molecule has 0 radical (unpaired) electrons. The normalized spacial score (nSPS) is 30.6. The molecule has 0 aliphatic heterocycles. The van der Waals surface area contributed by atoms with Gasteiger partial charge in [-0.3, -0.25) is 0 Å². The summed E-state index contributed by atoms with van der Waals surface area (Å²) in [5.74, 6) is -1.08. The monoisotopic (exact) mass is 560 g/mol. The number of alkyl halides is 4. The van der Waals surface area contributed by atoms with Gasteiger partial charge in [-0.15, -0.1) is 0 Å². The van der Waals surface area contributed by atoms with Crippen LogP contribution < -0.4 is 9.47 Å². The maximum atomic E-state index is 14.4. The largest absolute Gasteiger partial charge is 0.429 e. The van der Waals surface area contributed by atoms with E-state index in [9.17, 15) is 26.3 Å². The lowest BCUT2D eigenvalue weighted by Gasteiger charge is -2.41. The summed E-state index contributed by atoms with van der Waals surface area (Å²) in [5, 5.41) is 0. The molecule has 1 aromatic carbocycles. The summed E-state index contributed by atoms with van der Waals surface area (Å²) >= 11 is 0. The van der Waals surface area contributed by atoms with Gasteiger partial charge in [0.1, 0.15) is 5.75 Å². The predicted molar refractivity (Wildman–Crippen MR) is 139 cm³/mol. The van der Waals surface area contributed by atoms with Crippen LogP contribution in [-0.2, 0) is 0 Å². The van der Waals surface area contributed by atoms with E-state index in [1.165, 1.54) is 70.3 Å². The highest BCUT2D eigenvalue weighted by Gasteiger charge is 2.35. The molecule has 1 aromatic rings. The molecule has 39 heavy (non-hydrogen) atoms. The van der Waals surface area contributed by atoms with E-state index in [4.69, 9.17) is 0 Å². The molecule has 2 nitrogen and oxygen atoms in total. The van der Waals surface area contributed by atoms with Crippen LogP contribution in [0.25, 0.3) is 0 Å². The minimum atomic E-state index is -3.80. The van der Waals surface area contributed by atoms with Gasteiger partial charge in [0.25, 0.3) is 0 Å². The molecule has 3 fully saturated rings. The predicted octanol–water partition coefficient (Wildman–Crippen LogP) is 10.3. The Hall–Kier alpha value is -1.86. The summed E-state index contributed by atoms with van der Waals surface area (Å²) in [7, 11) is 0. The van der Waals surface area contributed by atoms with E-state index in [1.54, 1.807) is 0 Å². The molecule has 3 saturated carbocycles. The Morgan fingerprint density at radius 1 is 0.795 bits per heavy atom. The van der Waals surface area contributed by atoms with Crippen molar-refractivity contribution in [3.8, 4) is 11.5 Å². The molecule has 8 heteroatoms. The molecule has 0 heterocycles. The highest BCUT2D eigenvalue weighted by molar-refractivity contribution is 5.35. The van der Waals surface area contributed by atoms with E-state index < -0.39 is 35.9 Å². The first-order chi connectivity index (χ1) is 18.6. The van der Waals surface area contributed by atoms with Crippen LogP contribution in [0, 0.1) is 47.1 Å². The van der Waals surface area contributed by atoms with Crippen molar-refractivity contribution in [1.82, 2.24) is 0 Å². The molecular formula is C31H42F6O2. The summed E-state index contributed by atoms with van der Waals surface area (Å²) < 4.78 is 89.1. The summed E-state index contributed by atoms with van der Waals surface area (Å²) in [6.45, 7) is -1.16. The maximum absolute atomic E-state index is 14.4. The molecule has 0 saturated heterocycles. The number of benzene rings is 1. The van der Waals surface area contributed by atoms with Crippen molar-refractivity contribution in [1.29, 1.82) is 0 Å². The molecule has 0 spiro atoms. The molecule has 220 valence electrons. The Bertz CT molecular complexity index is 904. The van der Waals surface area contributed by atoms with E-state index in [1.807, 2.05) is 0 Å². The SMILES string of the molecule is CCCC1CCC(C2CCC(C3CCC(/C=C/C(F)(F)Oc4cc(F)c(OC(F)F)c(F)c4)CC3)CC2)CC1. The van der Waals surface area contributed by atoms with Crippen molar-refractivity contribution in [3.63, 3.8) is 0 Å². The first kappa shape index (κ1) is 30.1. The van der Waals surface area contributed by atoms with E-state index in [2.05, 4.69) is 16.4 Å². The average Bonchev–Trinajstić information content (AvgIpc) is 2.90. The van der Waals surface area contributed by atoms with Gasteiger partial charge in [-0.05, 0) is 99.7 Å². The van der Waals surface area contributed by atoms with E-state index in [0.717, 1.165) is 49.4 Å². The van der Waals surface area contributed by atoms with Gasteiger partial charge >= 0.3 is 12.7 Å². The second-order valence-electron chi connectivity index (χ2n) is 12.0. The van der Waals surface area contributed by atoms with Gasteiger partial charge < -0.3 is 9.47 Å². The van der Waals surface area contributed by atoms with Crippen molar-refractivity contribution < 1.29 is 35.8 Å². The van der Waals surface area contributed by atoms with Crippen molar-refractivity contribution in [2.75, 3.05) is 0 Å². The zero-order chi connectivity index (χ0) is 28.0. The van der Waals surface area contributed by atoms with Crippen LogP contribution >= 0.6 is 0 Å². The third-order valence-corrected chi connectivity index (χ3v) is 9.55. The number of hydrogen-bond acceptors (Lipinski definition) is 2. The number of hydrogen-bond donors (Lipinski definition) is 0. The number of rotatable bonds is 10. The van der Waals surface area contributed by atoms with E-state index in [-0.39, 0.29) is 5.92 Å². The fourth-order valence-corrected chi connectivity index (χ4v) is 7.49. The average molecular weight is 561 g/mol. The zero-order valence-corrected chi connectivity index (χ0v) is 22.8. The Kier molecular flexibility index (Phi) is 10.6.